The molecule has 0 radical (unpaired) electrons. The van der Waals surface area contributed by atoms with E-state index in [2.05, 4.69) is 75.1 Å². The summed E-state index contributed by atoms with van der Waals surface area (Å²) in [6, 6.07) is 17.0. The predicted molar refractivity (Wildman–Crippen MR) is 139 cm³/mol. The Balaban J connectivity index is 1.56. The maximum absolute atomic E-state index is 5.31. The van der Waals surface area contributed by atoms with Gasteiger partial charge in [0.2, 0.25) is 0 Å². The molecule has 0 aliphatic carbocycles. The van der Waals surface area contributed by atoms with Crippen LogP contribution < -0.4 is 4.74 Å². The second-order valence-corrected chi connectivity index (χ2v) is 12.9. The molecule has 0 spiro atoms. The number of nitrogens with zero attached hydrogens (tertiary/aromatic N) is 3. The summed E-state index contributed by atoms with van der Waals surface area (Å²) in [6.45, 7) is 1.74. The molecule has 1 aromatic carbocycles. The minimum absolute atomic E-state index is 0.254. The van der Waals surface area contributed by atoms with Gasteiger partial charge in [-0.3, -0.25) is 9.88 Å². The van der Waals surface area contributed by atoms with Gasteiger partial charge in [-0.25, -0.2) is 4.98 Å². The summed E-state index contributed by atoms with van der Waals surface area (Å²) < 4.78 is 5.31. The molecule has 0 amide bonds. The van der Waals surface area contributed by atoms with Crippen LogP contribution in [0.25, 0.3) is 5.57 Å². The quantitative estimate of drug-likeness (QED) is 0.473. The molecule has 0 saturated carbocycles. The number of pyridine rings is 2. The van der Waals surface area contributed by atoms with E-state index < -0.39 is 10.0 Å². The summed E-state index contributed by atoms with van der Waals surface area (Å²) in [5.41, 5.74) is 5.83. The third kappa shape index (κ3) is 6.25. The molecule has 0 fully saturated rings. The normalized spacial score (nSPS) is 17.0. The van der Waals surface area contributed by atoms with E-state index in [4.69, 9.17) is 4.74 Å². The minimum atomic E-state index is -0.858. The third-order valence-electron chi connectivity index (χ3n) is 5.66. The van der Waals surface area contributed by atoms with E-state index >= 15 is 0 Å². The summed E-state index contributed by atoms with van der Waals surface area (Å²) in [5.74, 6) is 4.11. The molecule has 3 aromatic rings. The van der Waals surface area contributed by atoms with Crippen LogP contribution >= 0.6 is 10.0 Å². The van der Waals surface area contributed by atoms with Crippen molar-refractivity contribution in [3.63, 3.8) is 0 Å². The topological polar surface area (TPSA) is 38.2 Å². The molecule has 4 nitrogen and oxygen atoms in total. The lowest BCUT2D eigenvalue weighted by Crippen LogP contribution is -2.32. The van der Waals surface area contributed by atoms with Crippen LogP contribution in [0.5, 0.6) is 5.75 Å². The van der Waals surface area contributed by atoms with Crippen LogP contribution in [0.15, 0.2) is 73.2 Å². The number of hydrogen-bond acceptors (Lipinski definition) is 4. The number of ether oxygens (including phenoxy) is 1. The fourth-order valence-corrected chi connectivity index (χ4v) is 4.33. The number of aromatic nitrogens is 2. The van der Waals surface area contributed by atoms with Crippen LogP contribution in [0.3, 0.4) is 0 Å². The van der Waals surface area contributed by atoms with Crippen molar-refractivity contribution < 1.29 is 4.74 Å². The van der Waals surface area contributed by atoms with Gasteiger partial charge in [0, 0.05) is 37.7 Å². The summed E-state index contributed by atoms with van der Waals surface area (Å²) in [4.78, 5) is 11.5. The Bertz CT molecular complexity index is 1150. The molecule has 3 heterocycles. The van der Waals surface area contributed by atoms with E-state index in [1.54, 1.807) is 7.11 Å². The maximum Gasteiger partial charge on any atom is 0.118 e. The second-order valence-electron chi connectivity index (χ2n) is 9.01. The summed E-state index contributed by atoms with van der Waals surface area (Å²) in [7, 11) is 0.841. The molecule has 2 aromatic heterocycles. The number of methoxy groups -OCH3 is 1. The van der Waals surface area contributed by atoms with Crippen LogP contribution in [0.4, 0.5) is 0 Å². The van der Waals surface area contributed by atoms with Gasteiger partial charge in [0.25, 0.3) is 0 Å². The Kier molecular flexibility index (Phi) is 7.17. The highest BCUT2D eigenvalue weighted by Gasteiger charge is 2.26. The van der Waals surface area contributed by atoms with Crippen molar-refractivity contribution in [2.45, 2.75) is 19.0 Å². The van der Waals surface area contributed by atoms with Gasteiger partial charge in [-0.05, 0) is 82.9 Å². The van der Waals surface area contributed by atoms with Crippen LogP contribution in [0, 0.1) is 11.2 Å². The average Bonchev–Trinajstić information content (AvgIpc) is 2.84. The molecule has 0 N–H and O–H groups in total. The van der Waals surface area contributed by atoms with Gasteiger partial charge in [-0.2, -0.15) is 10.0 Å². The predicted octanol–water partition coefficient (Wildman–Crippen LogP) is 5.52. The zero-order valence-electron chi connectivity index (χ0n) is 19.8. The highest BCUT2D eigenvalue weighted by Crippen LogP contribution is 2.36. The molecule has 1 aliphatic rings. The average molecular weight is 458 g/mol. The molecule has 1 unspecified atom stereocenters. The molecule has 33 heavy (non-hydrogen) atoms. The van der Waals surface area contributed by atoms with Crippen molar-refractivity contribution in [1.29, 1.82) is 0 Å². The fraction of sp³-hybridized carbons (Fsp3) is 0.286. The van der Waals surface area contributed by atoms with Crippen molar-refractivity contribution >= 4 is 15.6 Å². The van der Waals surface area contributed by atoms with Gasteiger partial charge in [0.15, 0.2) is 0 Å². The largest absolute Gasteiger partial charge is 0.497 e. The summed E-state index contributed by atoms with van der Waals surface area (Å²) in [5, 5.41) is 3.34. The zero-order valence-corrected chi connectivity index (χ0v) is 20.6. The number of hydrogen-bond donors (Lipinski definition) is 0. The molecule has 5 heteroatoms. The lowest BCUT2D eigenvalue weighted by Gasteiger charge is -2.35. The Hall–Kier alpha value is -3.07. The van der Waals surface area contributed by atoms with Crippen molar-refractivity contribution in [3.8, 4) is 16.9 Å². The first-order chi connectivity index (χ1) is 15.9. The zero-order chi connectivity index (χ0) is 23.3. The highest BCUT2D eigenvalue weighted by atomic mass is 32.3. The second kappa shape index (κ2) is 10.2. The van der Waals surface area contributed by atoms with E-state index in [-0.39, 0.29) is 6.04 Å². The molecule has 0 bridgehead atoms. The Morgan fingerprint density at radius 2 is 1.88 bits per heavy atom. The van der Waals surface area contributed by atoms with Gasteiger partial charge < -0.3 is 4.74 Å². The smallest absolute Gasteiger partial charge is 0.118 e. The number of rotatable bonds is 5. The van der Waals surface area contributed by atoms with Crippen molar-refractivity contribution in [2.75, 3.05) is 32.4 Å². The van der Waals surface area contributed by atoms with Crippen molar-refractivity contribution in [3.05, 3.63) is 95.6 Å². The molecule has 1 atom stereocenters. The Labute approximate surface area is 199 Å². The van der Waals surface area contributed by atoms with Gasteiger partial charge in [-0.15, -0.1) is 0 Å². The highest BCUT2D eigenvalue weighted by molar-refractivity contribution is 8.35. The first-order valence-electron chi connectivity index (χ1n) is 11.0. The van der Waals surface area contributed by atoms with Crippen molar-refractivity contribution in [1.82, 2.24) is 14.9 Å². The standard InChI is InChI=1S/C28H31N3OS/c1-32-27-11-7-22(8-12-27)21-31-16-13-23(18-28(31)25-6-5-15-29-19-25)24-9-10-26(30-20-24)14-17-33(2,3)4/h5-13,15,19-20,28H,16,18,21H2,1-4H3. The molecule has 0 saturated heterocycles. The summed E-state index contributed by atoms with van der Waals surface area (Å²) >= 11 is 0. The van der Waals surface area contributed by atoms with E-state index in [1.165, 1.54) is 22.3 Å². The fourth-order valence-electron chi connectivity index (χ4n) is 3.92. The van der Waals surface area contributed by atoms with Crippen LogP contribution in [0.2, 0.25) is 0 Å². The summed E-state index contributed by atoms with van der Waals surface area (Å²) in [6.07, 6.45) is 15.6. The first-order valence-corrected chi connectivity index (χ1v) is 13.9. The Morgan fingerprint density at radius 3 is 2.52 bits per heavy atom. The molecular weight excluding hydrogens is 426 g/mol. The van der Waals surface area contributed by atoms with E-state index in [9.17, 15) is 0 Å². The van der Waals surface area contributed by atoms with Crippen LogP contribution in [-0.4, -0.2) is 47.3 Å². The minimum Gasteiger partial charge on any atom is -0.497 e. The number of benzene rings is 1. The van der Waals surface area contributed by atoms with E-state index in [1.807, 2.05) is 42.9 Å². The molecule has 4 rings (SSSR count). The van der Waals surface area contributed by atoms with Crippen LogP contribution in [-0.2, 0) is 6.54 Å². The van der Waals surface area contributed by atoms with Gasteiger partial charge in [0.1, 0.15) is 11.4 Å². The van der Waals surface area contributed by atoms with Gasteiger partial charge >= 0.3 is 0 Å². The molecule has 170 valence electrons. The van der Waals surface area contributed by atoms with Crippen LogP contribution in [0.1, 0.15) is 34.8 Å². The van der Waals surface area contributed by atoms with Gasteiger partial charge in [-0.1, -0.05) is 30.3 Å². The molecular formula is C28H31N3OS. The third-order valence-corrected chi connectivity index (χ3v) is 6.37. The SMILES string of the molecule is COc1ccc(CN2CC=C(c3ccc(C#CS(C)(C)C)nc3)CC2c2cccnc2)cc1. The Morgan fingerprint density at radius 1 is 1.06 bits per heavy atom. The van der Waals surface area contributed by atoms with Crippen molar-refractivity contribution in [2.24, 2.45) is 0 Å². The molecule has 1 aliphatic heterocycles. The first kappa shape index (κ1) is 23.1. The van der Waals surface area contributed by atoms with E-state index in [0.29, 0.717) is 0 Å². The van der Waals surface area contributed by atoms with Gasteiger partial charge in [0.05, 0.1) is 7.11 Å². The maximum atomic E-state index is 5.31. The lowest BCUT2D eigenvalue weighted by atomic mass is 9.91. The lowest BCUT2D eigenvalue weighted by molar-refractivity contribution is 0.204. The monoisotopic (exact) mass is 457 g/mol. The van der Waals surface area contributed by atoms with E-state index in [0.717, 1.165) is 31.0 Å².